The SMILES string of the molecule is O=C(O)NC1Cc2c(Cl)cccc21. The van der Waals surface area contributed by atoms with E-state index in [0.29, 0.717) is 6.42 Å². The molecular weight excluding hydrogens is 190 g/mol. The van der Waals surface area contributed by atoms with Gasteiger partial charge in [-0.3, -0.25) is 0 Å². The molecule has 0 saturated carbocycles. The predicted molar refractivity (Wildman–Crippen MR) is 49.1 cm³/mol. The molecule has 13 heavy (non-hydrogen) atoms. The lowest BCUT2D eigenvalue weighted by Crippen LogP contribution is -2.34. The molecule has 1 atom stereocenters. The van der Waals surface area contributed by atoms with Crippen LogP contribution in [-0.2, 0) is 6.42 Å². The summed E-state index contributed by atoms with van der Waals surface area (Å²) in [6.45, 7) is 0. The lowest BCUT2D eigenvalue weighted by Gasteiger charge is -2.30. The molecule has 1 unspecified atom stereocenters. The average Bonchev–Trinajstić information content (AvgIpc) is 2.03. The highest BCUT2D eigenvalue weighted by Gasteiger charge is 2.28. The van der Waals surface area contributed by atoms with E-state index in [0.717, 1.165) is 16.1 Å². The van der Waals surface area contributed by atoms with Gasteiger partial charge in [0.15, 0.2) is 0 Å². The number of nitrogens with one attached hydrogen (secondary N) is 1. The molecule has 1 aliphatic rings. The lowest BCUT2D eigenvalue weighted by molar-refractivity contribution is 0.188. The molecule has 0 bridgehead atoms. The Bertz CT molecular complexity index is 365. The number of fused-ring (bicyclic) bond motifs is 1. The van der Waals surface area contributed by atoms with Gasteiger partial charge in [0.1, 0.15) is 0 Å². The second-order valence-electron chi connectivity index (χ2n) is 3.01. The van der Waals surface area contributed by atoms with Gasteiger partial charge in [-0.25, -0.2) is 4.79 Å². The molecule has 0 spiro atoms. The molecule has 2 N–H and O–H groups in total. The van der Waals surface area contributed by atoms with Crippen molar-refractivity contribution in [3.63, 3.8) is 0 Å². The third-order valence-corrected chi connectivity index (χ3v) is 2.59. The van der Waals surface area contributed by atoms with Crippen LogP contribution in [-0.4, -0.2) is 11.2 Å². The van der Waals surface area contributed by atoms with Gasteiger partial charge in [0.2, 0.25) is 0 Å². The summed E-state index contributed by atoms with van der Waals surface area (Å²) >= 11 is 5.89. The Morgan fingerprint density at radius 1 is 1.62 bits per heavy atom. The van der Waals surface area contributed by atoms with Crippen LogP contribution in [0.1, 0.15) is 17.2 Å². The molecule has 1 aromatic carbocycles. The Morgan fingerprint density at radius 2 is 2.38 bits per heavy atom. The maximum atomic E-state index is 10.4. The first kappa shape index (κ1) is 8.38. The predicted octanol–water partition coefficient (Wildman–Crippen LogP) is 2.20. The van der Waals surface area contributed by atoms with Crippen LogP contribution >= 0.6 is 11.6 Å². The normalized spacial score (nSPS) is 18.7. The zero-order chi connectivity index (χ0) is 9.42. The van der Waals surface area contributed by atoms with Crippen LogP contribution < -0.4 is 5.32 Å². The summed E-state index contributed by atoms with van der Waals surface area (Å²) < 4.78 is 0. The van der Waals surface area contributed by atoms with Crippen molar-refractivity contribution in [1.29, 1.82) is 0 Å². The van der Waals surface area contributed by atoms with E-state index in [2.05, 4.69) is 5.32 Å². The first-order chi connectivity index (χ1) is 6.18. The zero-order valence-electron chi connectivity index (χ0n) is 6.75. The van der Waals surface area contributed by atoms with Gasteiger partial charge < -0.3 is 10.4 Å². The topological polar surface area (TPSA) is 49.3 Å². The first-order valence-electron chi connectivity index (χ1n) is 3.95. The van der Waals surface area contributed by atoms with Crippen LogP contribution in [0.25, 0.3) is 0 Å². The standard InChI is InChI=1S/C9H8ClNO2/c10-7-3-1-2-5-6(7)4-8(5)11-9(12)13/h1-3,8,11H,4H2,(H,12,13). The van der Waals surface area contributed by atoms with Crippen LogP contribution in [0.4, 0.5) is 4.79 Å². The van der Waals surface area contributed by atoms with Gasteiger partial charge in [-0.05, 0) is 23.6 Å². The number of benzene rings is 1. The molecule has 0 heterocycles. The van der Waals surface area contributed by atoms with Gasteiger partial charge in [0.25, 0.3) is 0 Å². The van der Waals surface area contributed by atoms with Crippen LogP contribution in [0.2, 0.25) is 5.02 Å². The van der Waals surface area contributed by atoms with E-state index in [-0.39, 0.29) is 6.04 Å². The van der Waals surface area contributed by atoms with Gasteiger partial charge in [0.05, 0.1) is 6.04 Å². The van der Waals surface area contributed by atoms with Crippen molar-refractivity contribution in [2.75, 3.05) is 0 Å². The summed E-state index contributed by atoms with van der Waals surface area (Å²) in [6, 6.07) is 5.46. The molecule has 0 aliphatic heterocycles. The van der Waals surface area contributed by atoms with Gasteiger partial charge in [-0.2, -0.15) is 0 Å². The van der Waals surface area contributed by atoms with Crippen molar-refractivity contribution in [2.24, 2.45) is 0 Å². The summed E-state index contributed by atoms with van der Waals surface area (Å²) in [5, 5.41) is 11.6. The zero-order valence-corrected chi connectivity index (χ0v) is 7.51. The molecule has 2 rings (SSSR count). The molecule has 1 aliphatic carbocycles. The molecule has 3 nitrogen and oxygen atoms in total. The Kier molecular flexibility index (Phi) is 1.88. The third kappa shape index (κ3) is 1.35. The van der Waals surface area contributed by atoms with Crippen LogP contribution in [0.3, 0.4) is 0 Å². The van der Waals surface area contributed by atoms with Crippen LogP contribution in [0, 0.1) is 0 Å². The fraction of sp³-hybridized carbons (Fsp3) is 0.222. The highest BCUT2D eigenvalue weighted by atomic mass is 35.5. The van der Waals surface area contributed by atoms with Crippen molar-refractivity contribution < 1.29 is 9.90 Å². The van der Waals surface area contributed by atoms with Crippen molar-refractivity contribution in [2.45, 2.75) is 12.5 Å². The monoisotopic (exact) mass is 197 g/mol. The number of hydrogen-bond donors (Lipinski definition) is 2. The highest BCUT2D eigenvalue weighted by molar-refractivity contribution is 6.31. The van der Waals surface area contributed by atoms with E-state index in [1.54, 1.807) is 0 Å². The summed E-state index contributed by atoms with van der Waals surface area (Å²) in [4.78, 5) is 10.4. The number of hydrogen-bond acceptors (Lipinski definition) is 1. The first-order valence-corrected chi connectivity index (χ1v) is 4.33. The third-order valence-electron chi connectivity index (χ3n) is 2.24. The van der Waals surface area contributed by atoms with Crippen molar-refractivity contribution in [3.8, 4) is 0 Å². The molecule has 0 aromatic heterocycles. The number of rotatable bonds is 1. The van der Waals surface area contributed by atoms with Crippen LogP contribution in [0.15, 0.2) is 18.2 Å². The summed E-state index contributed by atoms with van der Waals surface area (Å²) in [6.07, 6.45) is -0.294. The average molecular weight is 198 g/mol. The largest absolute Gasteiger partial charge is 0.465 e. The molecule has 0 fully saturated rings. The van der Waals surface area contributed by atoms with E-state index in [1.807, 2.05) is 18.2 Å². The summed E-state index contributed by atoms with van der Waals surface area (Å²) in [5.41, 5.74) is 2.05. The smallest absolute Gasteiger partial charge is 0.405 e. The Balaban J connectivity index is 2.22. The van der Waals surface area contributed by atoms with Crippen molar-refractivity contribution >= 4 is 17.7 Å². The molecule has 68 valence electrons. The van der Waals surface area contributed by atoms with E-state index < -0.39 is 6.09 Å². The second kappa shape index (κ2) is 2.92. The van der Waals surface area contributed by atoms with Crippen molar-refractivity contribution in [1.82, 2.24) is 5.32 Å². The van der Waals surface area contributed by atoms with Crippen molar-refractivity contribution in [3.05, 3.63) is 34.3 Å². The number of amides is 1. The van der Waals surface area contributed by atoms with E-state index in [4.69, 9.17) is 16.7 Å². The van der Waals surface area contributed by atoms with E-state index in [9.17, 15) is 4.79 Å². The molecular formula is C9H8ClNO2. The van der Waals surface area contributed by atoms with E-state index in [1.165, 1.54) is 0 Å². The maximum absolute atomic E-state index is 10.4. The minimum Gasteiger partial charge on any atom is -0.465 e. The van der Waals surface area contributed by atoms with E-state index >= 15 is 0 Å². The van der Waals surface area contributed by atoms with Crippen LogP contribution in [0.5, 0.6) is 0 Å². The molecule has 0 saturated heterocycles. The second-order valence-corrected chi connectivity index (χ2v) is 3.42. The minimum absolute atomic E-state index is 0.0776. The molecule has 1 aromatic rings. The lowest BCUT2D eigenvalue weighted by atomic mass is 9.83. The Hall–Kier alpha value is -1.22. The number of carbonyl (C=O) groups is 1. The van der Waals surface area contributed by atoms with Gasteiger partial charge in [-0.1, -0.05) is 23.7 Å². The molecule has 4 heteroatoms. The minimum atomic E-state index is -0.990. The summed E-state index contributed by atoms with van der Waals surface area (Å²) in [5.74, 6) is 0. The molecule has 1 amide bonds. The number of halogens is 1. The van der Waals surface area contributed by atoms with Gasteiger partial charge in [-0.15, -0.1) is 0 Å². The highest BCUT2D eigenvalue weighted by Crippen LogP contribution is 2.37. The maximum Gasteiger partial charge on any atom is 0.405 e. The quantitative estimate of drug-likeness (QED) is 0.725. The Labute approximate surface area is 80.3 Å². The summed E-state index contributed by atoms with van der Waals surface area (Å²) in [7, 11) is 0. The van der Waals surface area contributed by atoms with Gasteiger partial charge in [0, 0.05) is 5.02 Å². The molecule has 0 radical (unpaired) electrons. The number of carboxylic acid groups (broad SMARTS) is 1. The Morgan fingerprint density at radius 3 is 3.08 bits per heavy atom. The fourth-order valence-electron chi connectivity index (χ4n) is 1.58. The van der Waals surface area contributed by atoms with Gasteiger partial charge >= 0.3 is 6.09 Å². The fourth-order valence-corrected chi connectivity index (χ4v) is 1.84.